The van der Waals surface area contributed by atoms with Crippen molar-refractivity contribution in [2.75, 3.05) is 6.26 Å². The summed E-state index contributed by atoms with van der Waals surface area (Å²) in [6, 6.07) is 8.74. The van der Waals surface area contributed by atoms with Crippen LogP contribution in [0.5, 0.6) is 0 Å². The molecule has 0 spiro atoms. The fourth-order valence-electron chi connectivity index (χ4n) is 0.840. The van der Waals surface area contributed by atoms with Gasteiger partial charge in [-0.2, -0.15) is 0 Å². The molecule has 0 aliphatic heterocycles. The van der Waals surface area contributed by atoms with Gasteiger partial charge in [-0.15, -0.1) is 4.40 Å². The standard InChI is InChI=1S/C8H10N2O2S/c1-13(11,12)10-8(9)7-5-3-2-4-6-7/h2-6H,1H3,(H2,9,10). The zero-order valence-electron chi connectivity index (χ0n) is 7.14. The van der Waals surface area contributed by atoms with Gasteiger partial charge in [-0.05, 0) is 0 Å². The highest BCUT2D eigenvalue weighted by Crippen LogP contribution is 1.99. The Labute approximate surface area is 77.2 Å². The largest absolute Gasteiger partial charge is 0.383 e. The number of hydrogen-bond donors (Lipinski definition) is 1. The maximum Gasteiger partial charge on any atom is 0.252 e. The Hall–Kier alpha value is -1.36. The first-order valence-electron chi connectivity index (χ1n) is 3.60. The highest BCUT2D eigenvalue weighted by molar-refractivity contribution is 7.89. The fraction of sp³-hybridized carbons (Fsp3) is 0.125. The normalized spacial score (nSPS) is 12.8. The molecule has 5 heteroatoms. The van der Waals surface area contributed by atoms with E-state index >= 15 is 0 Å². The lowest BCUT2D eigenvalue weighted by Gasteiger charge is -1.97. The molecule has 0 fully saturated rings. The van der Waals surface area contributed by atoms with Crippen LogP contribution in [0.3, 0.4) is 0 Å². The maximum absolute atomic E-state index is 10.7. The van der Waals surface area contributed by atoms with Gasteiger partial charge in [0.05, 0.1) is 6.26 Å². The molecule has 70 valence electrons. The Bertz CT molecular complexity index is 409. The second-order valence-electron chi connectivity index (χ2n) is 2.58. The maximum atomic E-state index is 10.7. The van der Waals surface area contributed by atoms with Crippen LogP contribution in [0, 0.1) is 0 Å². The summed E-state index contributed by atoms with van der Waals surface area (Å²) in [4.78, 5) is 0. The van der Waals surface area contributed by atoms with Crippen molar-refractivity contribution in [3.05, 3.63) is 35.9 Å². The Morgan fingerprint density at radius 2 is 1.85 bits per heavy atom. The van der Waals surface area contributed by atoms with Crippen molar-refractivity contribution in [1.29, 1.82) is 0 Å². The molecule has 0 saturated heterocycles. The monoisotopic (exact) mass is 198 g/mol. The molecule has 1 aromatic rings. The lowest BCUT2D eigenvalue weighted by molar-refractivity contribution is 0.603. The Kier molecular flexibility index (Phi) is 2.67. The number of nitrogens with two attached hydrogens (primary N) is 1. The van der Waals surface area contributed by atoms with Crippen LogP contribution in [-0.2, 0) is 10.0 Å². The van der Waals surface area contributed by atoms with Crippen LogP contribution in [0.15, 0.2) is 34.7 Å². The molecule has 2 N–H and O–H groups in total. The zero-order chi connectivity index (χ0) is 9.90. The molecule has 0 saturated carbocycles. The van der Waals surface area contributed by atoms with E-state index in [1.54, 1.807) is 24.3 Å². The van der Waals surface area contributed by atoms with Crippen LogP contribution >= 0.6 is 0 Å². The van der Waals surface area contributed by atoms with E-state index in [4.69, 9.17) is 5.73 Å². The van der Waals surface area contributed by atoms with Crippen LogP contribution in [-0.4, -0.2) is 20.5 Å². The van der Waals surface area contributed by atoms with Crippen molar-refractivity contribution in [2.24, 2.45) is 10.1 Å². The summed E-state index contributed by atoms with van der Waals surface area (Å²) < 4.78 is 24.8. The Morgan fingerprint density at radius 1 is 1.31 bits per heavy atom. The third kappa shape index (κ3) is 3.25. The van der Waals surface area contributed by atoms with E-state index in [0.717, 1.165) is 6.26 Å². The molecular weight excluding hydrogens is 188 g/mol. The van der Waals surface area contributed by atoms with E-state index in [-0.39, 0.29) is 5.84 Å². The topological polar surface area (TPSA) is 72.5 Å². The SMILES string of the molecule is CS(=O)(=O)/N=C(\N)c1ccccc1. The molecule has 0 aliphatic carbocycles. The van der Waals surface area contributed by atoms with Gasteiger partial charge in [-0.3, -0.25) is 0 Å². The lowest BCUT2D eigenvalue weighted by atomic mass is 10.2. The minimum absolute atomic E-state index is 0.0168. The van der Waals surface area contributed by atoms with Crippen LogP contribution in [0.1, 0.15) is 5.56 Å². The van der Waals surface area contributed by atoms with Crippen molar-refractivity contribution in [2.45, 2.75) is 0 Å². The smallest absolute Gasteiger partial charge is 0.252 e. The summed E-state index contributed by atoms with van der Waals surface area (Å²) in [5, 5.41) is 0. The van der Waals surface area contributed by atoms with Crippen molar-refractivity contribution >= 4 is 15.9 Å². The van der Waals surface area contributed by atoms with E-state index in [1.807, 2.05) is 6.07 Å². The average Bonchev–Trinajstić information content (AvgIpc) is 2.03. The van der Waals surface area contributed by atoms with Crippen molar-refractivity contribution in [1.82, 2.24) is 0 Å². The van der Waals surface area contributed by atoms with E-state index in [0.29, 0.717) is 5.56 Å². The summed E-state index contributed by atoms with van der Waals surface area (Å²) in [7, 11) is -3.41. The van der Waals surface area contributed by atoms with Crippen LogP contribution in [0.4, 0.5) is 0 Å². The van der Waals surface area contributed by atoms with Gasteiger partial charge in [0.2, 0.25) is 0 Å². The fourth-order valence-corrected chi connectivity index (χ4v) is 1.30. The van der Waals surface area contributed by atoms with E-state index in [1.165, 1.54) is 0 Å². The molecule has 13 heavy (non-hydrogen) atoms. The number of nitrogens with zero attached hydrogens (tertiary/aromatic N) is 1. The molecule has 0 unspecified atom stereocenters. The molecule has 0 aromatic heterocycles. The first-order chi connectivity index (χ1) is 5.99. The molecule has 0 amide bonds. The third-order valence-electron chi connectivity index (χ3n) is 1.33. The molecular formula is C8H10N2O2S. The highest BCUT2D eigenvalue weighted by atomic mass is 32.2. The Balaban J connectivity index is 3.06. The van der Waals surface area contributed by atoms with Gasteiger partial charge in [0, 0.05) is 5.56 Å². The van der Waals surface area contributed by atoms with Crippen LogP contribution in [0.25, 0.3) is 0 Å². The van der Waals surface area contributed by atoms with Gasteiger partial charge in [0.25, 0.3) is 10.0 Å². The van der Waals surface area contributed by atoms with Crippen molar-refractivity contribution < 1.29 is 8.42 Å². The number of amidine groups is 1. The first-order valence-corrected chi connectivity index (χ1v) is 5.45. The quantitative estimate of drug-likeness (QED) is 0.550. The summed E-state index contributed by atoms with van der Waals surface area (Å²) in [6.07, 6.45) is 1.00. The Morgan fingerprint density at radius 3 is 2.31 bits per heavy atom. The zero-order valence-corrected chi connectivity index (χ0v) is 7.95. The lowest BCUT2D eigenvalue weighted by Crippen LogP contribution is -2.15. The number of rotatable bonds is 2. The molecule has 0 heterocycles. The van der Waals surface area contributed by atoms with E-state index in [9.17, 15) is 8.42 Å². The van der Waals surface area contributed by atoms with Crippen molar-refractivity contribution in [3.63, 3.8) is 0 Å². The number of benzene rings is 1. The average molecular weight is 198 g/mol. The highest BCUT2D eigenvalue weighted by Gasteiger charge is 2.01. The van der Waals surface area contributed by atoms with Gasteiger partial charge in [0.15, 0.2) is 0 Å². The summed E-state index contributed by atoms with van der Waals surface area (Å²) >= 11 is 0. The summed E-state index contributed by atoms with van der Waals surface area (Å²) in [5.41, 5.74) is 6.06. The predicted molar refractivity (Wildman–Crippen MR) is 52.0 cm³/mol. The molecule has 1 aromatic carbocycles. The molecule has 0 radical (unpaired) electrons. The van der Waals surface area contributed by atoms with Crippen LogP contribution < -0.4 is 5.73 Å². The van der Waals surface area contributed by atoms with Gasteiger partial charge >= 0.3 is 0 Å². The van der Waals surface area contributed by atoms with E-state index < -0.39 is 10.0 Å². The minimum Gasteiger partial charge on any atom is -0.383 e. The first kappa shape index (κ1) is 9.73. The second-order valence-corrected chi connectivity index (χ2v) is 4.22. The van der Waals surface area contributed by atoms with Gasteiger partial charge < -0.3 is 5.73 Å². The molecule has 0 aliphatic rings. The van der Waals surface area contributed by atoms with E-state index in [2.05, 4.69) is 4.40 Å². The minimum atomic E-state index is -3.41. The molecule has 0 bridgehead atoms. The third-order valence-corrected chi connectivity index (χ3v) is 1.86. The summed E-state index contributed by atoms with van der Waals surface area (Å²) in [6.45, 7) is 0. The number of sulfonamides is 1. The second kappa shape index (κ2) is 3.57. The molecule has 4 nitrogen and oxygen atoms in total. The summed E-state index contributed by atoms with van der Waals surface area (Å²) in [5.74, 6) is 0.0168. The van der Waals surface area contributed by atoms with Crippen molar-refractivity contribution in [3.8, 4) is 0 Å². The number of hydrogen-bond acceptors (Lipinski definition) is 2. The predicted octanol–water partition coefficient (Wildman–Crippen LogP) is 0.351. The van der Waals surface area contributed by atoms with Crippen LogP contribution in [0.2, 0.25) is 0 Å². The molecule has 1 rings (SSSR count). The van der Waals surface area contributed by atoms with Gasteiger partial charge in [0.1, 0.15) is 5.84 Å². The van der Waals surface area contributed by atoms with Gasteiger partial charge in [-0.25, -0.2) is 8.42 Å². The molecule has 0 atom stereocenters. The van der Waals surface area contributed by atoms with Gasteiger partial charge in [-0.1, -0.05) is 30.3 Å².